The Bertz CT molecular complexity index is 1140. The molecular weight excluding hydrogens is 384 g/mol. The SMILES string of the molecule is Cc1nn(-c2cccc(S)c2)c(N)c1N=Nc1nc2cc(S)ccc2s1. The Morgan fingerprint density at radius 1 is 1.08 bits per heavy atom. The number of thiol groups is 2. The van der Waals surface area contributed by atoms with Gasteiger partial charge in [-0.1, -0.05) is 17.4 Å². The van der Waals surface area contributed by atoms with Crippen LogP contribution in [0, 0.1) is 6.92 Å². The molecule has 0 aliphatic heterocycles. The molecule has 2 aromatic heterocycles. The van der Waals surface area contributed by atoms with Gasteiger partial charge in [-0.15, -0.1) is 35.5 Å². The second-order valence-electron chi connectivity index (χ2n) is 5.60. The number of thiazole rings is 1. The van der Waals surface area contributed by atoms with Crippen LogP contribution in [0.25, 0.3) is 15.9 Å². The maximum Gasteiger partial charge on any atom is 0.231 e. The number of benzene rings is 2. The van der Waals surface area contributed by atoms with Crippen molar-refractivity contribution in [1.29, 1.82) is 0 Å². The summed E-state index contributed by atoms with van der Waals surface area (Å²) >= 11 is 10.1. The van der Waals surface area contributed by atoms with E-state index in [2.05, 4.69) is 45.6 Å². The molecule has 2 N–H and O–H groups in total. The number of aryl methyl sites for hydroxylation is 1. The van der Waals surface area contributed by atoms with Crippen molar-refractivity contribution in [3.63, 3.8) is 0 Å². The molecule has 0 atom stereocenters. The molecule has 0 bridgehead atoms. The van der Waals surface area contributed by atoms with E-state index in [4.69, 9.17) is 5.73 Å². The van der Waals surface area contributed by atoms with Gasteiger partial charge in [-0.3, -0.25) is 0 Å². The molecule has 0 fully saturated rings. The lowest BCUT2D eigenvalue weighted by molar-refractivity contribution is 0.869. The van der Waals surface area contributed by atoms with Crippen molar-refractivity contribution >= 4 is 63.4 Å². The molecule has 2 heterocycles. The summed E-state index contributed by atoms with van der Waals surface area (Å²) in [5.74, 6) is 0.420. The fourth-order valence-corrected chi connectivity index (χ4v) is 3.70. The summed E-state index contributed by atoms with van der Waals surface area (Å²) in [6.45, 7) is 1.84. The highest BCUT2D eigenvalue weighted by molar-refractivity contribution is 7.80. The Hall–Kier alpha value is -2.36. The zero-order valence-corrected chi connectivity index (χ0v) is 16.3. The lowest BCUT2D eigenvalue weighted by atomic mass is 10.3. The van der Waals surface area contributed by atoms with Crippen molar-refractivity contribution in [3.05, 3.63) is 48.2 Å². The van der Waals surface area contributed by atoms with Gasteiger partial charge in [-0.05, 0) is 43.3 Å². The molecule has 6 nitrogen and oxygen atoms in total. The predicted molar refractivity (Wildman–Crippen MR) is 111 cm³/mol. The lowest BCUT2D eigenvalue weighted by Gasteiger charge is -2.04. The fourth-order valence-electron chi connectivity index (χ4n) is 2.52. The van der Waals surface area contributed by atoms with Gasteiger partial charge < -0.3 is 5.73 Å². The minimum Gasteiger partial charge on any atom is -0.382 e. The van der Waals surface area contributed by atoms with Crippen LogP contribution in [0.15, 0.2) is 62.5 Å². The fraction of sp³-hybridized carbons (Fsp3) is 0.0588. The van der Waals surface area contributed by atoms with E-state index in [9.17, 15) is 0 Å². The smallest absolute Gasteiger partial charge is 0.231 e. The average Bonchev–Trinajstić information content (AvgIpc) is 3.13. The van der Waals surface area contributed by atoms with Crippen molar-refractivity contribution in [2.45, 2.75) is 16.7 Å². The first-order valence-electron chi connectivity index (χ1n) is 7.67. The number of rotatable bonds is 3. The van der Waals surface area contributed by atoms with Gasteiger partial charge in [0, 0.05) is 9.79 Å². The summed E-state index contributed by atoms with van der Waals surface area (Å²) in [6, 6.07) is 13.4. The summed E-state index contributed by atoms with van der Waals surface area (Å²) in [5.41, 5.74) is 9.13. The van der Waals surface area contributed by atoms with Gasteiger partial charge in [0.15, 0.2) is 11.5 Å². The molecule has 0 unspecified atom stereocenters. The van der Waals surface area contributed by atoms with Crippen molar-refractivity contribution in [3.8, 4) is 5.69 Å². The lowest BCUT2D eigenvalue weighted by Crippen LogP contribution is -2.01. The first-order valence-corrected chi connectivity index (χ1v) is 9.38. The van der Waals surface area contributed by atoms with Gasteiger partial charge in [0.1, 0.15) is 0 Å². The topological polar surface area (TPSA) is 81.5 Å². The molecule has 0 saturated carbocycles. The van der Waals surface area contributed by atoms with E-state index in [0.29, 0.717) is 22.3 Å². The monoisotopic (exact) mass is 398 g/mol. The Morgan fingerprint density at radius 2 is 1.88 bits per heavy atom. The predicted octanol–water partition coefficient (Wildman–Crippen LogP) is 5.37. The van der Waals surface area contributed by atoms with Crippen molar-refractivity contribution < 1.29 is 0 Å². The minimum atomic E-state index is 0.420. The maximum absolute atomic E-state index is 6.24. The highest BCUT2D eigenvalue weighted by atomic mass is 32.1. The van der Waals surface area contributed by atoms with Crippen molar-refractivity contribution in [2.24, 2.45) is 10.2 Å². The van der Waals surface area contributed by atoms with Crippen molar-refractivity contribution in [1.82, 2.24) is 14.8 Å². The number of aromatic nitrogens is 3. The maximum atomic E-state index is 6.24. The molecule has 26 heavy (non-hydrogen) atoms. The number of hydrogen-bond acceptors (Lipinski definition) is 8. The molecule has 0 radical (unpaired) electrons. The molecular formula is C17H14N6S3. The van der Waals surface area contributed by atoms with Crippen LogP contribution in [0.5, 0.6) is 0 Å². The summed E-state index contributed by atoms with van der Waals surface area (Å²) < 4.78 is 2.66. The zero-order chi connectivity index (χ0) is 18.3. The Morgan fingerprint density at radius 3 is 2.69 bits per heavy atom. The van der Waals surface area contributed by atoms with Crippen LogP contribution in [0.2, 0.25) is 0 Å². The number of anilines is 1. The van der Waals surface area contributed by atoms with Gasteiger partial charge in [-0.25, -0.2) is 9.67 Å². The zero-order valence-electron chi connectivity index (χ0n) is 13.7. The van der Waals surface area contributed by atoms with Crippen LogP contribution in [0.4, 0.5) is 16.6 Å². The Labute approximate surface area is 164 Å². The second-order valence-corrected chi connectivity index (χ2v) is 7.64. The second kappa shape index (κ2) is 6.75. The Balaban J connectivity index is 1.70. The summed E-state index contributed by atoms with van der Waals surface area (Å²) in [5, 5.41) is 13.6. The summed E-state index contributed by atoms with van der Waals surface area (Å²) in [6.07, 6.45) is 0. The number of azo groups is 1. The number of hydrogen-bond donors (Lipinski definition) is 3. The molecule has 0 spiro atoms. The standard InChI is InChI=1S/C17H14N6S3/c1-9-15(16(18)23(22-9)10-3-2-4-11(24)7-10)20-21-17-19-13-8-12(25)5-6-14(13)26-17/h2-8,24-25H,18H2,1H3. The van der Waals surface area contributed by atoms with Gasteiger partial charge in [0.05, 0.1) is 21.6 Å². The van der Waals surface area contributed by atoms with E-state index in [-0.39, 0.29) is 0 Å². The van der Waals surface area contributed by atoms with Crippen LogP contribution in [0.3, 0.4) is 0 Å². The van der Waals surface area contributed by atoms with Gasteiger partial charge in [0.25, 0.3) is 0 Å². The van der Waals surface area contributed by atoms with Crippen LogP contribution in [0.1, 0.15) is 5.69 Å². The molecule has 4 aromatic rings. The van der Waals surface area contributed by atoms with E-state index in [1.807, 2.05) is 49.4 Å². The van der Waals surface area contributed by atoms with E-state index in [0.717, 1.165) is 25.7 Å². The minimum absolute atomic E-state index is 0.420. The van der Waals surface area contributed by atoms with Crippen LogP contribution >= 0.6 is 36.6 Å². The van der Waals surface area contributed by atoms with Gasteiger partial charge in [0.2, 0.25) is 5.13 Å². The molecule has 0 amide bonds. The van der Waals surface area contributed by atoms with E-state index < -0.39 is 0 Å². The van der Waals surface area contributed by atoms with Crippen LogP contribution < -0.4 is 5.73 Å². The molecule has 9 heteroatoms. The molecule has 0 aliphatic carbocycles. The summed E-state index contributed by atoms with van der Waals surface area (Å²) in [4.78, 5) is 6.15. The molecule has 0 aliphatic rings. The summed E-state index contributed by atoms with van der Waals surface area (Å²) in [7, 11) is 0. The van der Waals surface area contributed by atoms with E-state index in [1.165, 1.54) is 11.3 Å². The normalized spacial score (nSPS) is 11.7. The van der Waals surface area contributed by atoms with Gasteiger partial charge >= 0.3 is 0 Å². The third-order valence-electron chi connectivity index (χ3n) is 3.73. The highest BCUT2D eigenvalue weighted by Gasteiger charge is 2.14. The molecule has 130 valence electrons. The quantitative estimate of drug-likeness (QED) is 0.321. The number of nitrogen functional groups attached to an aromatic ring is 1. The average molecular weight is 399 g/mol. The van der Waals surface area contributed by atoms with E-state index in [1.54, 1.807) is 4.68 Å². The first-order chi connectivity index (χ1) is 12.5. The Kier molecular flexibility index (Phi) is 4.43. The third kappa shape index (κ3) is 3.20. The van der Waals surface area contributed by atoms with Crippen LogP contribution in [-0.2, 0) is 0 Å². The van der Waals surface area contributed by atoms with E-state index >= 15 is 0 Å². The third-order valence-corrected chi connectivity index (χ3v) is 5.21. The van der Waals surface area contributed by atoms with Gasteiger partial charge in [-0.2, -0.15) is 5.10 Å². The molecule has 0 saturated heterocycles. The number of nitrogens with zero attached hydrogens (tertiary/aromatic N) is 5. The van der Waals surface area contributed by atoms with Crippen molar-refractivity contribution in [2.75, 3.05) is 5.73 Å². The largest absolute Gasteiger partial charge is 0.382 e. The number of fused-ring (bicyclic) bond motifs is 1. The molecule has 4 rings (SSSR count). The molecule has 2 aromatic carbocycles. The highest BCUT2D eigenvalue weighted by Crippen LogP contribution is 2.33. The first kappa shape index (κ1) is 17.1. The number of nitrogens with two attached hydrogens (primary N) is 1. The van der Waals surface area contributed by atoms with Crippen LogP contribution in [-0.4, -0.2) is 14.8 Å².